The number of amides is 1. The fourth-order valence-electron chi connectivity index (χ4n) is 2.25. The monoisotopic (exact) mass is 183 g/mol. The maximum absolute atomic E-state index is 11.2. The highest BCUT2D eigenvalue weighted by Crippen LogP contribution is 2.28. The van der Waals surface area contributed by atoms with Gasteiger partial charge in [-0.2, -0.15) is 0 Å². The Labute approximate surface area is 81.1 Å². The molecule has 1 N–H and O–H groups in total. The van der Waals surface area contributed by atoms with Gasteiger partial charge in [-0.05, 0) is 24.2 Å². The van der Waals surface area contributed by atoms with Gasteiger partial charge in [-0.1, -0.05) is 27.7 Å². The number of piperidine rings is 1. The van der Waals surface area contributed by atoms with Crippen molar-refractivity contribution in [2.45, 2.75) is 46.6 Å². The topological polar surface area (TPSA) is 29.1 Å². The zero-order chi connectivity index (χ0) is 10.0. The predicted octanol–water partition coefficient (Wildman–Crippen LogP) is 2.19. The van der Waals surface area contributed by atoms with Gasteiger partial charge in [0.15, 0.2) is 0 Å². The summed E-state index contributed by atoms with van der Waals surface area (Å²) in [6.45, 7) is 8.87. The SMILES string of the molecule is CC(C)[C@@H]1CCC(=O)N[C@H]1C(C)C. The number of carbonyl (C=O) groups excluding carboxylic acids is 1. The van der Waals surface area contributed by atoms with Crippen LogP contribution in [0.1, 0.15) is 40.5 Å². The molecule has 1 amide bonds. The molecule has 2 atom stereocenters. The minimum atomic E-state index is 0.232. The maximum atomic E-state index is 11.2. The van der Waals surface area contributed by atoms with Gasteiger partial charge in [0.05, 0.1) is 0 Å². The molecule has 1 aliphatic rings. The van der Waals surface area contributed by atoms with Crippen molar-refractivity contribution in [1.29, 1.82) is 0 Å². The van der Waals surface area contributed by atoms with Gasteiger partial charge in [0, 0.05) is 12.5 Å². The molecule has 0 bridgehead atoms. The minimum absolute atomic E-state index is 0.232. The summed E-state index contributed by atoms with van der Waals surface area (Å²) in [6, 6.07) is 0.390. The first-order valence-corrected chi connectivity index (χ1v) is 5.31. The second-order valence-electron chi connectivity index (χ2n) is 4.78. The van der Waals surface area contributed by atoms with E-state index >= 15 is 0 Å². The highest BCUT2D eigenvalue weighted by molar-refractivity contribution is 5.77. The van der Waals surface area contributed by atoms with Gasteiger partial charge in [-0.15, -0.1) is 0 Å². The van der Waals surface area contributed by atoms with Gasteiger partial charge in [0.2, 0.25) is 5.91 Å². The van der Waals surface area contributed by atoms with E-state index in [1.807, 2.05) is 0 Å². The lowest BCUT2D eigenvalue weighted by atomic mass is 9.77. The molecule has 0 aromatic carbocycles. The molecule has 1 rings (SSSR count). The van der Waals surface area contributed by atoms with Crippen LogP contribution in [-0.4, -0.2) is 11.9 Å². The summed E-state index contributed by atoms with van der Waals surface area (Å²) in [5.74, 6) is 2.12. The number of hydrogen-bond acceptors (Lipinski definition) is 1. The van der Waals surface area contributed by atoms with E-state index in [1.165, 1.54) is 0 Å². The third-order valence-corrected chi connectivity index (χ3v) is 3.07. The van der Waals surface area contributed by atoms with Crippen molar-refractivity contribution in [3.05, 3.63) is 0 Å². The van der Waals surface area contributed by atoms with Crippen LogP contribution >= 0.6 is 0 Å². The maximum Gasteiger partial charge on any atom is 0.220 e. The summed E-state index contributed by atoms with van der Waals surface area (Å²) in [5, 5.41) is 3.11. The highest BCUT2D eigenvalue weighted by atomic mass is 16.1. The number of hydrogen-bond donors (Lipinski definition) is 1. The van der Waals surface area contributed by atoms with E-state index in [2.05, 4.69) is 33.0 Å². The molecule has 0 aliphatic carbocycles. The van der Waals surface area contributed by atoms with Crippen LogP contribution in [0.3, 0.4) is 0 Å². The standard InChI is InChI=1S/C11H21NO/c1-7(2)9-5-6-10(13)12-11(9)8(3)4/h7-9,11H,5-6H2,1-4H3,(H,12,13)/t9-,11-/m0/s1. The normalized spacial score (nSPS) is 29.5. The Morgan fingerprint density at radius 1 is 1.23 bits per heavy atom. The summed E-state index contributed by atoms with van der Waals surface area (Å²) in [5.41, 5.74) is 0. The molecule has 2 nitrogen and oxygen atoms in total. The van der Waals surface area contributed by atoms with Crippen LogP contribution in [0.15, 0.2) is 0 Å². The van der Waals surface area contributed by atoms with Crippen LogP contribution in [0.4, 0.5) is 0 Å². The Kier molecular flexibility index (Phi) is 3.34. The second-order valence-corrected chi connectivity index (χ2v) is 4.78. The second kappa shape index (κ2) is 4.12. The molecule has 0 saturated carbocycles. The third-order valence-electron chi connectivity index (χ3n) is 3.07. The molecule has 0 radical (unpaired) electrons. The highest BCUT2D eigenvalue weighted by Gasteiger charge is 2.32. The van der Waals surface area contributed by atoms with Crippen LogP contribution in [0.2, 0.25) is 0 Å². The third kappa shape index (κ3) is 2.45. The summed E-state index contributed by atoms with van der Waals surface area (Å²) in [4.78, 5) is 11.2. The largest absolute Gasteiger partial charge is 0.353 e. The van der Waals surface area contributed by atoms with Crippen molar-refractivity contribution >= 4 is 5.91 Å². The van der Waals surface area contributed by atoms with Crippen molar-refractivity contribution in [2.75, 3.05) is 0 Å². The van der Waals surface area contributed by atoms with E-state index in [1.54, 1.807) is 0 Å². The molecule has 1 aliphatic heterocycles. The first-order valence-electron chi connectivity index (χ1n) is 5.31. The van der Waals surface area contributed by atoms with E-state index in [-0.39, 0.29) is 5.91 Å². The molecule has 0 spiro atoms. The van der Waals surface area contributed by atoms with Gasteiger partial charge in [-0.25, -0.2) is 0 Å². The van der Waals surface area contributed by atoms with E-state index < -0.39 is 0 Å². The lowest BCUT2D eigenvalue weighted by molar-refractivity contribution is -0.125. The van der Waals surface area contributed by atoms with Crippen molar-refractivity contribution in [1.82, 2.24) is 5.32 Å². The number of carbonyl (C=O) groups is 1. The van der Waals surface area contributed by atoms with E-state index in [0.29, 0.717) is 30.2 Å². The number of rotatable bonds is 2. The van der Waals surface area contributed by atoms with Crippen molar-refractivity contribution in [3.63, 3.8) is 0 Å². The fraction of sp³-hybridized carbons (Fsp3) is 0.909. The van der Waals surface area contributed by atoms with Crippen molar-refractivity contribution < 1.29 is 4.79 Å². The Hall–Kier alpha value is -0.530. The van der Waals surface area contributed by atoms with Crippen LogP contribution in [-0.2, 0) is 4.79 Å². The molecule has 1 saturated heterocycles. The minimum Gasteiger partial charge on any atom is -0.353 e. The molecule has 0 unspecified atom stereocenters. The van der Waals surface area contributed by atoms with Gasteiger partial charge < -0.3 is 5.32 Å². The summed E-state index contributed by atoms with van der Waals surface area (Å²) in [6.07, 6.45) is 1.78. The molecule has 13 heavy (non-hydrogen) atoms. The molecule has 1 fully saturated rings. The predicted molar refractivity (Wildman–Crippen MR) is 54.3 cm³/mol. The zero-order valence-corrected chi connectivity index (χ0v) is 9.13. The average Bonchev–Trinajstić information content (AvgIpc) is 2.03. The van der Waals surface area contributed by atoms with Gasteiger partial charge in [-0.3, -0.25) is 4.79 Å². The van der Waals surface area contributed by atoms with Gasteiger partial charge in [0.1, 0.15) is 0 Å². The average molecular weight is 183 g/mol. The Morgan fingerprint density at radius 2 is 1.85 bits per heavy atom. The lowest BCUT2D eigenvalue weighted by Gasteiger charge is -2.37. The summed E-state index contributed by atoms with van der Waals surface area (Å²) >= 11 is 0. The molecule has 0 aromatic heterocycles. The molecule has 1 heterocycles. The molecular weight excluding hydrogens is 162 g/mol. The van der Waals surface area contributed by atoms with Crippen LogP contribution in [0.25, 0.3) is 0 Å². The van der Waals surface area contributed by atoms with Gasteiger partial charge >= 0.3 is 0 Å². The van der Waals surface area contributed by atoms with Gasteiger partial charge in [0.25, 0.3) is 0 Å². The van der Waals surface area contributed by atoms with E-state index in [0.717, 1.165) is 6.42 Å². The lowest BCUT2D eigenvalue weighted by Crippen LogP contribution is -2.49. The smallest absolute Gasteiger partial charge is 0.220 e. The van der Waals surface area contributed by atoms with Crippen molar-refractivity contribution in [2.24, 2.45) is 17.8 Å². The molecule has 0 aromatic rings. The summed E-state index contributed by atoms with van der Waals surface area (Å²) < 4.78 is 0. The quantitative estimate of drug-likeness (QED) is 0.698. The Balaban J connectivity index is 2.66. The molecule has 2 heteroatoms. The van der Waals surface area contributed by atoms with Crippen LogP contribution < -0.4 is 5.32 Å². The molecular formula is C11H21NO. The van der Waals surface area contributed by atoms with E-state index in [9.17, 15) is 4.79 Å². The summed E-state index contributed by atoms with van der Waals surface area (Å²) in [7, 11) is 0. The Morgan fingerprint density at radius 3 is 2.31 bits per heavy atom. The first-order chi connectivity index (χ1) is 6.02. The Bertz CT molecular complexity index is 187. The zero-order valence-electron chi connectivity index (χ0n) is 9.13. The fourth-order valence-corrected chi connectivity index (χ4v) is 2.25. The first kappa shape index (κ1) is 10.6. The van der Waals surface area contributed by atoms with Crippen LogP contribution in [0, 0.1) is 17.8 Å². The number of nitrogens with one attached hydrogen (secondary N) is 1. The molecule has 76 valence electrons. The van der Waals surface area contributed by atoms with E-state index in [4.69, 9.17) is 0 Å². The van der Waals surface area contributed by atoms with Crippen molar-refractivity contribution in [3.8, 4) is 0 Å². The van der Waals surface area contributed by atoms with Crippen LogP contribution in [0.5, 0.6) is 0 Å².